The van der Waals surface area contributed by atoms with E-state index in [0.717, 1.165) is 27.8 Å². The van der Waals surface area contributed by atoms with Crippen LogP contribution in [0.3, 0.4) is 0 Å². The summed E-state index contributed by atoms with van der Waals surface area (Å²) in [6.07, 6.45) is 2.63. The number of nitrogens with zero attached hydrogens (tertiary/aromatic N) is 1. The van der Waals surface area contributed by atoms with Crippen LogP contribution >= 0.6 is 15.9 Å². The molecule has 0 radical (unpaired) electrons. The van der Waals surface area contributed by atoms with Crippen LogP contribution in [0.25, 0.3) is 0 Å². The van der Waals surface area contributed by atoms with E-state index in [4.69, 9.17) is 10.5 Å². The van der Waals surface area contributed by atoms with Crippen LogP contribution in [-0.4, -0.2) is 4.98 Å². The van der Waals surface area contributed by atoms with Crippen molar-refractivity contribution in [3.05, 3.63) is 52.1 Å². The lowest BCUT2D eigenvalue weighted by Crippen LogP contribution is -2.02. The summed E-state index contributed by atoms with van der Waals surface area (Å²) in [4.78, 5) is 4.27. The largest absolute Gasteiger partial charge is 0.438 e. The van der Waals surface area contributed by atoms with E-state index in [1.165, 1.54) is 0 Å². The van der Waals surface area contributed by atoms with E-state index < -0.39 is 0 Å². The molecule has 0 aliphatic rings. The number of rotatable bonds is 4. The average molecular weight is 307 g/mol. The summed E-state index contributed by atoms with van der Waals surface area (Å²) in [5, 5.41) is 0. The Morgan fingerprint density at radius 3 is 2.78 bits per heavy atom. The first kappa shape index (κ1) is 13.1. The average Bonchev–Trinajstić information content (AvgIpc) is 2.41. The molecule has 0 atom stereocenters. The minimum absolute atomic E-state index is 0.399. The van der Waals surface area contributed by atoms with Gasteiger partial charge in [0, 0.05) is 22.8 Å². The normalized spacial score (nSPS) is 10.4. The molecule has 0 saturated carbocycles. The number of ether oxygens (including phenoxy) is 1. The van der Waals surface area contributed by atoms with Crippen LogP contribution in [0.2, 0.25) is 0 Å². The second kappa shape index (κ2) is 5.98. The van der Waals surface area contributed by atoms with E-state index in [1.54, 1.807) is 6.20 Å². The molecule has 2 aromatic rings. The van der Waals surface area contributed by atoms with Gasteiger partial charge in [0.1, 0.15) is 5.75 Å². The third-order valence-electron chi connectivity index (χ3n) is 2.67. The first-order chi connectivity index (χ1) is 8.74. The summed E-state index contributed by atoms with van der Waals surface area (Å²) in [6, 6.07) is 9.88. The van der Waals surface area contributed by atoms with Gasteiger partial charge in [-0.05, 0) is 40.0 Å². The van der Waals surface area contributed by atoms with Gasteiger partial charge in [-0.2, -0.15) is 0 Å². The van der Waals surface area contributed by atoms with Crippen molar-refractivity contribution in [3.63, 3.8) is 0 Å². The minimum atomic E-state index is 0.399. The standard InChI is InChI=1S/C14H15BrN2O/c1-2-10-5-3-4-6-13(10)18-14-11(8-16)7-12(15)9-17-14/h3-7,9H,2,8,16H2,1H3. The summed E-state index contributed by atoms with van der Waals surface area (Å²) < 4.78 is 6.77. The van der Waals surface area contributed by atoms with Gasteiger partial charge in [0.05, 0.1) is 0 Å². The molecule has 0 aliphatic carbocycles. The molecule has 0 saturated heterocycles. The molecule has 1 heterocycles. The lowest BCUT2D eigenvalue weighted by Gasteiger charge is -2.11. The lowest BCUT2D eigenvalue weighted by atomic mass is 10.1. The fourth-order valence-corrected chi connectivity index (χ4v) is 2.09. The molecule has 0 unspecified atom stereocenters. The molecule has 4 heteroatoms. The second-order valence-corrected chi connectivity index (χ2v) is 4.80. The Morgan fingerprint density at radius 2 is 2.06 bits per heavy atom. The van der Waals surface area contributed by atoms with Crippen LogP contribution in [0.1, 0.15) is 18.1 Å². The van der Waals surface area contributed by atoms with Crippen LogP contribution in [0, 0.1) is 0 Å². The third-order valence-corrected chi connectivity index (χ3v) is 3.11. The number of nitrogens with two attached hydrogens (primary N) is 1. The highest BCUT2D eigenvalue weighted by molar-refractivity contribution is 9.10. The Morgan fingerprint density at radius 1 is 1.28 bits per heavy atom. The summed E-state index contributed by atoms with van der Waals surface area (Å²) in [5.74, 6) is 1.41. The highest BCUT2D eigenvalue weighted by Crippen LogP contribution is 2.27. The molecule has 3 nitrogen and oxygen atoms in total. The number of aromatic nitrogens is 1. The van der Waals surface area contributed by atoms with Crippen LogP contribution < -0.4 is 10.5 Å². The maximum absolute atomic E-state index is 5.87. The van der Waals surface area contributed by atoms with Crippen molar-refractivity contribution < 1.29 is 4.74 Å². The highest BCUT2D eigenvalue weighted by Gasteiger charge is 2.08. The molecule has 1 aromatic heterocycles. The maximum Gasteiger partial charge on any atom is 0.223 e. The number of hydrogen-bond acceptors (Lipinski definition) is 3. The molecule has 0 aliphatic heterocycles. The Balaban J connectivity index is 2.33. The Hall–Kier alpha value is -1.39. The first-order valence-electron chi connectivity index (χ1n) is 5.84. The van der Waals surface area contributed by atoms with Crippen LogP contribution in [0.15, 0.2) is 41.0 Å². The number of halogens is 1. The molecule has 0 spiro atoms. The summed E-state index contributed by atoms with van der Waals surface area (Å²) >= 11 is 3.38. The summed E-state index contributed by atoms with van der Waals surface area (Å²) in [7, 11) is 0. The molecule has 94 valence electrons. The fourth-order valence-electron chi connectivity index (χ4n) is 1.71. The third kappa shape index (κ3) is 2.89. The van der Waals surface area contributed by atoms with E-state index in [-0.39, 0.29) is 0 Å². The van der Waals surface area contributed by atoms with Crippen molar-refractivity contribution >= 4 is 15.9 Å². The van der Waals surface area contributed by atoms with E-state index in [1.807, 2.05) is 24.3 Å². The molecule has 2 N–H and O–H groups in total. The predicted octanol–water partition coefficient (Wildman–Crippen LogP) is 3.66. The van der Waals surface area contributed by atoms with Gasteiger partial charge in [0.25, 0.3) is 0 Å². The number of hydrogen-bond donors (Lipinski definition) is 1. The molecule has 0 amide bonds. The van der Waals surface area contributed by atoms with Crippen LogP contribution in [0.5, 0.6) is 11.6 Å². The van der Waals surface area contributed by atoms with Crippen LogP contribution in [0.4, 0.5) is 0 Å². The zero-order valence-corrected chi connectivity index (χ0v) is 11.8. The number of aryl methyl sites for hydroxylation is 1. The van der Waals surface area contributed by atoms with E-state index in [9.17, 15) is 0 Å². The zero-order chi connectivity index (χ0) is 13.0. The zero-order valence-electron chi connectivity index (χ0n) is 10.2. The molecule has 0 bridgehead atoms. The molecule has 0 fully saturated rings. The number of benzene rings is 1. The fraction of sp³-hybridized carbons (Fsp3) is 0.214. The Labute approximate surface area is 115 Å². The van der Waals surface area contributed by atoms with Gasteiger partial charge < -0.3 is 10.5 Å². The van der Waals surface area contributed by atoms with Crippen molar-refractivity contribution in [2.45, 2.75) is 19.9 Å². The summed E-state index contributed by atoms with van der Waals surface area (Å²) in [6.45, 7) is 2.50. The van der Waals surface area contributed by atoms with Gasteiger partial charge in [-0.25, -0.2) is 4.98 Å². The van der Waals surface area contributed by atoms with Gasteiger partial charge in [-0.1, -0.05) is 25.1 Å². The van der Waals surface area contributed by atoms with Crippen molar-refractivity contribution in [1.82, 2.24) is 4.98 Å². The van der Waals surface area contributed by atoms with Crippen molar-refractivity contribution in [3.8, 4) is 11.6 Å². The predicted molar refractivity (Wildman–Crippen MR) is 75.7 cm³/mol. The van der Waals surface area contributed by atoms with Crippen molar-refractivity contribution in [2.75, 3.05) is 0 Å². The van der Waals surface area contributed by atoms with E-state index in [2.05, 4.69) is 33.9 Å². The first-order valence-corrected chi connectivity index (χ1v) is 6.64. The van der Waals surface area contributed by atoms with Gasteiger partial charge >= 0.3 is 0 Å². The van der Waals surface area contributed by atoms with E-state index >= 15 is 0 Å². The Bertz CT molecular complexity index is 543. The van der Waals surface area contributed by atoms with Gasteiger partial charge in [-0.3, -0.25) is 0 Å². The smallest absolute Gasteiger partial charge is 0.223 e. The van der Waals surface area contributed by atoms with Crippen molar-refractivity contribution in [1.29, 1.82) is 0 Å². The molecular formula is C14H15BrN2O. The quantitative estimate of drug-likeness (QED) is 0.938. The molecular weight excluding hydrogens is 292 g/mol. The van der Waals surface area contributed by atoms with Gasteiger partial charge in [0.2, 0.25) is 5.88 Å². The Kier molecular flexibility index (Phi) is 4.33. The van der Waals surface area contributed by atoms with E-state index in [0.29, 0.717) is 12.4 Å². The van der Waals surface area contributed by atoms with Gasteiger partial charge in [0.15, 0.2) is 0 Å². The molecule has 1 aromatic carbocycles. The molecule has 2 rings (SSSR count). The van der Waals surface area contributed by atoms with Crippen molar-refractivity contribution in [2.24, 2.45) is 5.73 Å². The summed E-state index contributed by atoms with van der Waals surface area (Å²) in [5.41, 5.74) is 7.75. The minimum Gasteiger partial charge on any atom is -0.438 e. The SMILES string of the molecule is CCc1ccccc1Oc1ncc(Br)cc1CN. The topological polar surface area (TPSA) is 48.1 Å². The number of para-hydroxylation sites is 1. The molecule has 18 heavy (non-hydrogen) atoms. The van der Waals surface area contributed by atoms with Gasteiger partial charge in [-0.15, -0.1) is 0 Å². The maximum atomic E-state index is 5.87. The monoisotopic (exact) mass is 306 g/mol. The van der Waals surface area contributed by atoms with Crippen LogP contribution in [-0.2, 0) is 13.0 Å². The second-order valence-electron chi connectivity index (χ2n) is 3.89. The highest BCUT2D eigenvalue weighted by atomic mass is 79.9. The lowest BCUT2D eigenvalue weighted by molar-refractivity contribution is 0.451. The number of pyridine rings is 1.